The molecule has 5 heteroatoms. The Labute approximate surface area is 127 Å². The van der Waals surface area contributed by atoms with Crippen LogP contribution in [-0.4, -0.2) is 60.5 Å². The maximum Gasteiger partial charge on any atom is 0.236 e. The number of nitrogens with zero attached hydrogens (tertiary/aromatic N) is 3. The summed E-state index contributed by atoms with van der Waals surface area (Å²) in [7, 11) is 3.62. The fourth-order valence-corrected chi connectivity index (χ4v) is 2.56. The molecule has 1 saturated heterocycles. The Morgan fingerprint density at radius 2 is 2.14 bits per heavy atom. The number of aromatic nitrogens is 1. The summed E-state index contributed by atoms with van der Waals surface area (Å²) < 4.78 is 0. The summed E-state index contributed by atoms with van der Waals surface area (Å²) in [5.41, 5.74) is 2.55. The van der Waals surface area contributed by atoms with Crippen molar-refractivity contribution in [1.82, 2.24) is 20.1 Å². The molecule has 1 aliphatic rings. The number of pyridine rings is 1. The minimum absolute atomic E-state index is 0.187. The van der Waals surface area contributed by atoms with Crippen molar-refractivity contribution < 1.29 is 4.79 Å². The summed E-state index contributed by atoms with van der Waals surface area (Å²) in [6, 6.07) is 2.59. The number of nitrogens with one attached hydrogen (secondary N) is 1. The Morgan fingerprint density at radius 1 is 1.43 bits per heavy atom. The second-order valence-corrected chi connectivity index (χ2v) is 6.02. The average molecular weight is 290 g/mol. The molecule has 1 aromatic heterocycles. The van der Waals surface area contributed by atoms with Crippen molar-refractivity contribution in [2.45, 2.75) is 32.4 Å². The predicted molar refractivity (Wildman–Crippen MR) is 84.0 cm³/mol. The van der Waals surface area contributed by atoms with E-state index in [9.17, 15) is 4.79 Å². The molecule has 2 heterocycles. The maximum absolute atomic E-state index is 11.7. The smallest absolute Gasteiger partial charge is 0.236 e. The van der Waals surface area contributed by atoms with E-state index in [2.05, 4.69) is 22.1 Å². The van der Waals surface area contributed by atoms with Crippen LogP contribution in [0.3, 0.4) is 0 Å². The van der Waals surface area contributed by atoms with Crippen molar-refractivity contribution in [3.05, 3.63) is 29.6 Å². The molecular formula is C16H26N4O. The number of likely N-dealkylation sites (N-methyl/N-ethyl adjacent to an activating group) is 1. The predicted octanol–water partition coefficient (Wildman–Crippen LogP) is 1.03. The third-order valence-corrected chi connectivity index (χ3v) is 4.17. The molecule has 116 valence electrons. The third kappa shape index (κ3) is 4.79. The van der Waals surface area contributed by atoms with Gasteiger partial charge in [-0.05, 0) is 37.0 Å². The second kappa shape index (κ2) is 7.52. The second-order valence-electron chi connectivity index (χ2n) is 6.02. The molecule has 0 aliphatic carbocycles. The molecule has 21 heavy (non-hydrogen) atoms. The summed E-state index contributed by atoms with van der Waals surface area (Å²) in [4.78, 5) is 19.8. The maximum atomic E-state index is 11.7. The molecule has 1 amide bonds. The third-order valence-electron chi connectivity index (χ3n) is 4.17. The van der Waals surface area contributed by atoms with Gasteiger partial charge in [-0.1, -0.05) is 0 Å². The molecule has 0 saturated carbocycles. The average Bonchev–Trinajstić information content (AvgIpc) is 2.48. The van der Waals surface area contributed by atoms with E-state index in [-0.39, 0.29) is 5.91 Å². The Morgan fingerprint density at radius 3 is 2.76 bits per heavy atom. The van der Waals surface area contributed by atoms with Gasteiger partial charge in [0.2, 0.25) is 5.91 Å². The van der Waals surface area contributed by atoms with Gasteiger partial charge in [0.1, 0.15) is 0 Å². The van der Waals surface area contributed by atoms with E-state index in [1.54, 1.807) is 4.90 Å². The Bertz CT molecular complexity index is 467. The molecule has 0 radical (unpaired) electrons. The largest absolute Gasteiger partial charge is 0.348 e. The van der Waals surface area contributed by atoms with Crippen molar-refractivity contribution in [1.29, 1.82) is 0 Å². The molecule has 0 unspecified atom stereocenters. The quantitative estimate of drug-likeness (QED) is 0.880. The number of hydrogen-bond acceptors (Lipinski definition) is 4. The number of carbonyl (C=O) groups excluding carboxylic acids is 1. The normalized spacial score (nSPS) is 16.9. The lowest BCUT2D eigenvalue weighted by Crippen LogP contribution is -2.45. The zero-order chi connectivity index (χ0) is 15.2. The van der Waals surface area contributed by atoms with Crippen molar-refractivity contribution in [2.75, 3.05) is 33.7 Å². The molecule has 0 bridgehead atoms. The van der Waals surface area contributed by atoms with Crippen LogP contribution in [0.4, 0.5) is 0 Å². The van der Waals surface area contributed by atoms with Crippen molar-refractivity contribution in [3.63, 3.8) is 0 Å². The number of piperidine rings is 1. The number of rotatable bonds is 5. The number of amides is 1. The standard InChI is InChI=1S/C16H26N4O/c1-13-4-7-17-10-14(13)11-18-15-5-8-20(9-6-15)12-16(21)19(2)3/h4,7,10,15,18H,5-6,8-9,11-12H2,1-3H3. The molecule has 1 N–H and O–H groups in total. The van der Waals surface area contributed by atoms with Crippen LogP contribution in [-0.2, 0) is 11.3 Å². The molecule has 0 spiro atoms. The van der Waals surface area contributed by atoms with E-state index in [1.807, 2.05) is 32.6 Å². The first kappa shape index (κ1) is 15.9. The summed E-state index contributed by atoms with van der Waals surface area (Å²) in [5, 5.41) is 3.61. The molecule has 2 rings (SSSR count). The van der Waals surface area contributed by atoms with E-state index in [0.717, 1.165) is 32.5 Å². The summed E-state index contributed by atoms with van der Waals surface area (Å²) in [6.45, 7) is 5.52. The van der Waals surface area contributed by atoms with Gasteiger partial charge >= 0.3 is 0 Å². The minimum Gasteiger partial charge on any atom is -0.348 e. The molecule has 0 atom stereocenters. The van der Waals surface area contributed by atoms with Gasteiger partial charge < -0.3 is 10.2 Å². The van der Waals surface area contributed by atoms with E-state index in [1.165, 1.54) is 11.1 Å². The fraction of sp³-hybridized carbons (Fsp3) is 0.625. The van der Waals surface area contributed by atoms with Crippen LogP contribution in [0.5, 0.6) is 0 Å². The van der Waals surface area contributed by atoms with Gasteiger partial charge in [0.05, 0.1) is 6.54 Å². The summed E-state index contributed by atoms with van der Waals surface area (Å²) in [6.07, 6.45) is 5.96. The van der Waals surface area contributed by atoms with Crippen LogP contribution in [0, 0.1) is 6.92 Å². The molecule has 0 aromatic carbocycles. The van der Waals surface area contributed by atoms with Gasteiger partial charge in [0.15, 0.2) is 0 Å². The first-order valence-corrected chi connectivity index (χ1v) is 7.61. The first-order valence-electron chi connectivity index (χ1n) is 7.61. The lowest BCUT2D eigenvalue weighted by molar-refractivity contribution is -0.130. The first-order chi connectivity index (χ1) is 10.1. The van der Waals surface area contributed by atoms with E-state index in [4.69, 9.17) is 0 Å². The molecule has 1 fully saturated rings. The van der Waals surface area contributed by atoms with Crippen molar-refractivity contribution >= 4 is 5.91 Å². The van der Waals surface area contributed by atoms with E-state index < -0.39 is 0 Å². The van der Waals surface area contributed by atoms with E-state index in [0.29, 0.717) is 12.6 Å². The molecule has 5 nitrogen and oxygen atoms in total. The van der Waals surface area contributed by atoms with Crippen molar-refractivity contribution in [3.8, 4) is 0 Å². The van der Waals surface area contributed by atoms with Gasteiger partial charge in [-0.2, -0.15) is 0 Å². The van der Waals surface area contributed by atoms with Crippen LogP contribution >= 0.6 is 0 Å². The fourth-order valence-electron chi connectivity index (χ4n) is 2.56. The van der Waals surface area contributed by atoms with Gasteiger partial charge in [0, 0.05) is 52.2 Å². The lowest BCUT2D eigenvalue weighted by Gasteiger charge is -2.32. The monoisotopic (exact) mass is 290 g/mol. The zero-order valence-electron chi connectivity index (χ0n) is 13.3. The van der Waals surface area contributed by atoms with Crippen LogP contribution in [0.15, 0.2) is 18.5 Å². The number of aryl methyl sites for hydroxylation is 1. The van der Waals surface area contributed by atoms with Crippen LogP contribution < -0.4 is 5.32 Å². The Hall–Kier alpha value is -1.46. The van der Waals surface area contributed by atoms with Crippen LogP contribution in [0.2, 0.25) is 0 Å². The lowest BCUT2D eigenvalue weighted by atomic mass is 10.0. The Kier molecular flexibility index (Phi) is 5.70. The zero-order valence-corrected chi connectivity index (χ0v) is 13.3. The van der Waals surface area contributed by atoms with Gasteiger partial charge in [-0.3, -0.25) is 14.7 Å². The highest BCUT2D eigenvalue weighted by atomic mass is 16.2. The van der Waals surface area contributed by atoms with Crippen LogP contribution in [0.25, 0.3) is 0 Å². The number of likely N-dealkylation sites (tertiary alicyclic amines) is 1. The summed E-state index contributed by atoms with van der Waals surface area (Å²) >= 11 is 0. The van der Waals surface area contributed by atoms with Gasteiger partial charge in [-0.15, -0.1) is 0 Å². The Balaban J connectivity index is 1.72. The van der Waals surface area contributed by atoms with Crippen molar-refractivity contribution in [2.24, 2.45) is 0 Å². The number of hydrogen-bond donors (Lipinski definition) is 1. The van der Waals surface area contributed by atoms with Gasteiger partial charge in [0.25, 0.3) is 0 Å². The number of carbonyl (C=O) groups is 1. The van der Waals surface area contributed by atoms with Gasteiger partial charge in [-0.25, -0.2) is 0 Å². The molecule has 1 aliphatic heterocycles. The highest BCUT2D eigenvalue weighted by molar-refractivity contribution is 5.77. The molecule has 1 aromatic rings. The van der Waals surface area contributed by atoms with E-state index >= 15 is 0 Å². The SMILES string of the molecule is Cc1ccncc1CNC1CCN(CC(=O)N(C)C)CC1. The van der Waals surface area contributed by atoms with Crippen LogP contribution in [0.1, 0.15) is 24.0 Å². The molecular weight excluding hydrogens is 264 g/mol. The highest BCUT2D eigenvalue weighted by Crippen LogP contribution is 2.12. The highest BCUT2D eigenvalue weighted by Gasteiger charge is 2.21. The topological polar surface area (TPSA) is 48.5 Å². The summed E-state index contributed by atoms with van der Waals surface area (Å²) in [5.74, 6) is 0.187. The minimum atomic E-state index is 0.187.